The lowest BCUT2D eigenvalue weighted by molar-refractivity contribution is -0.137. The molecule has 0 atom stereocenters. The van der Waals surface area contributed by atoms with Crippen molar-refractivity contribution in [3.63, 3.8) is 0 Å². The second-order valence-corrected chi connectivity index (χ2v) is 11.7. The van der Waals surface area contributed by atoms with Crippen molar-refractivity contribution in [1.29, 1.82) is 0 Å². The summed E-state index contributed by atoms with van der Waals surface area (Å²) in [5.74, 6) is 0.770. The van der Waals surface area contributed by atoms with Gasteiger partial charge in [-0.1, -0.05) is 10.6 Å². The summed E-state index contributed by atoms with van der Waals surface area (Å²) in [6.07, 6.45) is -0.456. The predicted octanol–water partition coefficient (Wildman–Crippen LogP) is 4.65. The van der Waals surface area contributed by atoms with Crippen LogP contribution in [0.4, 0.5) is 29.7 Å². The lowest BCUT2D eigenvalue weighted by Crippen LogP contribution is -2.17. The number of benzene rings is 1. The Morgan fingerprint density at radius 3 is 2.71 bits per heavy atom. The first-order valence-electron chi connectivity index (χ1n) is 12.2. The van der Waals surface area contributed by atoms with Crippen molar-refractivity contribution < 1.29 is 21.6 Å². The van der Waals surface area contributed by atoms with Crippen LogP contribution in [0.3, 0.4) is 0 Å². The molecular weight excluding hydrogens is 615 g/mol. The fourth-order valence-electron chi connectivity index (χ4n) is 4.55. The zero-order valence-corrected chi connectivity index (χ0v) is 24.1. The largest absolute Gasteiger partial charge is 0.416 e. The fraction of sp³-hybridized carbons (Fsp3) is 0.200. The number of anilines is 2. The van der Waals surface area contributed by atoms with Crippen LogP contribution in [-0.2, 0) is 28.5 Å². The van der Waals surface area contributed by atoms with E-state index in [-0.39, 0.29) is 29.4 Å². The van der Waals surface area contributed by atoms with Crippen molar-refractivity contribution in [1.82, 2.24) is 29.1 Å². The SMILES string of the molecule is Cc1ccc(NS(=O)(=O)Cc2cc(C(F)(F)F)ccn2)cc1-c1cc2cn/c(=N\c3cnns3)nc-2n2c1NCC2.Cl. The van der Waals surface area contributed by atoms with Gasteiger partial charge in [0.05, 0.1) is 17.5 Å². The van der Waals surface area contributed by atoms with E-state index >= 15 is 0 Å². The number of alkyl halides is 3. The molecular formula is C25H21ClF3N9O2S2. The van der Waals surface area contributed by atoms with E-state index in [0.717, 1.165) is 57.9 Å². The van der Waals surface area contributed by atoms with Gasteiger partial charge in [0.1, 0.15) is 17.4 Å². The van der Waals surface area contributed by atoms with Crippen LogP contribution in [0.5, 0.6) is 0 Å². The van der Waals surface area contributed by atoms with Gasteiger partial charge >= 0.3 is 6.18 Å². The number of aryl methyl sites for hydroxylation is 1. The molecule has 218 valence electrons. The van der Waals surface area contributed by atoms with E-state index in [9.17, 15) is 21.6 Å². The summed E-state index contributed by atoms with van der Waals surface area (Å²) >= 11 is 1.13. The van der Waals surface area contributed by atoms with Gasteiger partial charge in [0.15, 0.2) is 5.00 Å². The first kappa shape index (κ1) is 29.3. The van der Waals surface area contributed by atoms with Gasteiger partial charge in [0.25, 0.3) is 5.62 Å². The third-order valence-corrected chi connectivity index (χ3v) is 8.12. The predicted molar refractivity (Wildman–Crippen MR) is 153 cm³/mol. The molecule has 0 spiro atoms. The van der Waals surface area contributed by atoms with Crippen molar-refractivity contribution in [2.75, 3.05) is 16.6 Å². The van der Waals surface area contributed by atoms with Gasteiger partial charge in [-0.15, -0.1) is 17.5 Å². The summed E-state index contributed by atoms with van der Waals surface area (Å²) in [4.78, 5) is 17.2. The summed E-state index contributed by atoms with van der Waals surface area (Å²) in [5, 5.41) is 7.74. The van der Waals surface area contributed by atoms with Crippen LogP contribution in [0.15, 0.2) is 60.0 Å². The van der Waals surface area contributed by atoms with Crippen LogP contribution in [0.1, 0.15) is 16.8 Å². The second-order valence-electron chi connectivity index (χ2n) is 9.23. The van der Waals surface area contributed by atoms with E-state index in [1.54, 1.807) is 24.4 Å². The normalized spacial score (nSPS) is 13.5. The third kappa shape index (κ3) is 6.05. The number of nitrogens with zero attached hydrogens (tertiary/aromatic N) is 7. The Balaban J connectivity index is 0.00000353. The van der Waals surface area contributed by atoms with Crippen LogP contribution < -0.4 is 15.7 Å². The molecule has 2 aromatic heterocycles. The minimum atomic E-state index is -4.60. The Morgan fingerprint density at radius 1 is 1.12 bits per heavy atom. The number of hydrogen-bond donors (Lipinski definition) is 2. The molecule has 3 aliphatic heterocycles. The molecule has 0 radical (unpaired) electrons. The van der Waals surface area contributed by atoms with Gasteiger partial charge in [-0.05, 0) is 48.4 Å². The molecule has 11 nitrogen and oxygen atoms in total. The number of sulfonamides is 1. The van der Waals surface area contributed by atoms with Crippen LogP contribution in [0.2, 0.25) is 0 Å². The summed E-state index contributed by atoms with van der Waals surface area (Å²) in [6.45, 7) is 3.21. The maximum Gasteiger partial charge on any atom is 0.416 e. The summed E-state index contributed by atoms with van der Waals surface area (Å²) < 4.78 is 73.3. The molecule has 3 aliphatic rings. The zero-order valence-electron chi connectivity index (χ0n) is 21.6. The number of halogens is 4. The lowest BCUT2D eigenvalue weighted by Gasteiger charge is -2.19. The van der Waals surface area contributed by atoms with Crippen LogP contribution in [0, 0.1) is 6.92 Å². The fourth-order valence-corrected chi connectivity index (χ4v) is 6.05. The molecule has 0 bridgehead atoms. The lowest BCUT2D eigenvalue weighted by atomic mass is 9.98. The van der Waals surface area contributed by atoms with Gasteiger partial charge in [0.2, 0.25) is 10.0 Å². The molecule has 5 heterocycles. The van der Waals surface area contributed by atoms with E-state index in [2.05, 4.69) is 39.6 Å². The third-order valence-electron chi connectivity index (χ3n) is 6.33. The highest BCUT2D eigenvalue weighted by molar-refractivity contribution is 7.91. The van der Waals surface area contributed by atoms with Crippen LogP contribution >= 0.6 is 23.9 Å². The molecule has 0 aliphatic carbocycles. The van der Waals surface area contributed by atoms with Gasteiger partial charge in [-0.3, -0.25) is 9.71 Å². The molecule has 42 heavy (non-hydrogen) atoms. The molecule has 3 aromatic rings. The summed E-state index contributed by atoms with van der Waals surface area (Å²) in [5.41, 5.74) is 2.57. The van der Waals surface area contributed by atoms with E-state index in [0.29, 0.717) is 23.9 Å². The number of rotatable bonds is 6. The van der Waals surface area contributed by atoms with Crippen molar-refractivity contribution in [3.05, 3.63) is 77.4 Å². The monoisotopic (exact) mass is 635 g/mol. The van der Waals surface area contributed by atoms with Gasteiger partial charge in [-0.2, -0.15) is 23.1 Å². The molecule has 2 N–H and O–H groups in total. The van der Waals surface area contributed by atoms with Gasteiger partial charge in [0, 0.05) is 53.8 Å². The Bertz CT molecular complexity index is 1910. The molecule has 0 fully saturated rings. The topological polar surface area (TPSA) is 140 Å². The second kappa shape index (κ2) is 11.3. The Labute approximate surface area is 247 Å². The average molecular weight is 636 g/mol. The van der Waals surface area contributed by atoms with Crippen LogP contribution in [0.25, 0.3) is 22.5 Å². The standard InChI is InChI=1S/C25H20F3N9O2S2.ClH/c1-14-2-3-17(35-41(38,39)13-18-9-16(4-5-29-18)25(26,27)28)10-19(14)20-8-15-11-31-24(33-21-12-32-36-40-21)34-22(15)37-7-6-30-23(20)37;/h2-5,8-12,30,35H,6-7,13H2,1H3;1H/b33-24+;. The maximum atomic E-state index is 13.1. The van der Waals surface area contributed by atoms with Crippen molar-refractivity contribution >= 4 is 50.5 Å². The molecule has 1 aromatic carbocycles. The molecule has 0 unspecified atom stereocenters. The van der Waals surface area contributed by atoms with E-state index in [1.165, 1.54) is 6.20 Å². The highest BCUT2D eigenvalue weighted by Crippen LogP contribution is 2.39. The molecule has 0 amide bonds. The van der Waals surface area contributed by atoms with E-state index in [4.69, 9.17) is 0 Å². The highest BCUT2D eigenvalue weighted by Gasteiger charge is 2.31. The zero-order chi connectivity index (χ0) is 28.8. The Kier molecular flexibility index (Phi) is 7.87. The van der Waals surface area contributed by atoms with Crippen molar-refractivity contribution in [3.8, 4) is 22.5 Å². The van der Waals surface area contributed by atoms with Gasteiger partial charge < -0.3 is 9.88 Å². The van der Waals surface area contributed by atoms with Gasteiger partial charge in [-0.25, -0.2) is 13.4 Å². The summed E-state index contributed by atoms with van der Waals surface area (Å²) in [7, 11) is -4.07. The molecule has 0 saturated carbocycles. The minimum absolute atomic E-state index is 0. The highest BCUT2D eigenvalue weighted by atomic mass is 35.5. The minimum Gasteiger partial charge on any atom is -0.369 e. The van der Waals surface area contributed by atoms with E-state index < -0.39 is 27.5 Å². The first-order chi connectivity index (χ1) is 19.6. The smallest absolute Gasteiger partial charge is 0.369 e. The number of pyridine rings is 2. The Morgan fingerprint density at radius 2 is 1.95 bits per heavy atom. The number of hydrogen-bond acceptors (Lipinski definition) is 10. The number of aromatic nitrogens is 6. The van der Waals surface area contributed by atoms with Crippen molar-refractivity contribution in [2.45, 2.75) is 25.4 Å². The molecule has 17 heteroatoms. The summed E-state index contributed by atoms with van der Waals surface area (Å²) in [6, 6.07) is 8.51. The van der Waals surface area contributed by atoms with E-state index in [1.807, 2.05) is 17.6 Å². The molecule has 0 saturated heterocycles. The number of fused-ring (bicyclic) bond motifs is 3. The van der Waals surface area contributed by atoms with Crippen LogP contribution in [-0.4, -0.2) is 44.1 Å². The Hall–Kier alpha value is -4.15. The first-order valence-corrected chi connectivity index (χ1v) is 14.6. The quantitative estimate of drug-likeness (QED) is 0.275. The molecule has 6 rings (SSSR count). The maximum absolute atomic E-state index is 13.1. The van der Waals surface area contributed by atoms with Crippen molar-refractivity contribution in [2.24, 2.45) is 4.99 Å². The average Bonchev–Trinajstić information content (AvgIpc) is 3.61. The number of nitrogens with one attached hydrogen (secondary N) is 2.